The summed E-state index contributed by atoms with van der Waals surface area (Å²) >= 11 is 0. The average Bonchev–Trinajstić information content (AvgIpc) is 1.88. The third kappa shape index (κ3) is 628. The van der Waals surface area contributed by atoms with E-state index in [1.54, 1.807) is 0 Å². The summed E-state index contributed by atoms with van der Waals surface area (Å²) in [5.41, 5.74) is -0.318. The predicted molar refractivity (Wildman–Crippen MR) is 70.3 cm³/mol. The molecular formula is C6H18B3F12KNO2-3. The van der Waals surface area contributed by atoms with Crippen LogP contribution >= 0.6 is 0 Å². The Morgan fingerprint density at radius 3 is 0.840 bits per heavy atom. The smallest absolute Gasteiger partial charge is 1.00 e. The molecule has 3 N–H and O–H groups in total. The van der Waals surface area contributed by atoms with E-state index in [0.29, 0.717) is 6.47 Å². The third-order valence-electron chi connectivity index (χ3n) is 0.402. The first-order valence-corrected chi connectivity index (χ1v) is 4.79. The fraction of sp³-hybridized carbons (Fsp3) is 0.833. The van der Waals surface area contributed by atoms with Gasteiger partial charge in [-0.05, 0) is 20.8 Å². The topological polar surface area (TPSA) is 61.3 Å². The number of hydrogen-bond donors (Lipinski definition) is 1. The van der Waals surface area contributed by atoms with E-state index in [4.69, 9.17) is 0 Å². The van der Waals surface area contributed by atoms with Gasteiger partial charge < -0.3 is 64.1 Å². The molecule has 0 amide bonds. The maximum Gasteiger partial charge on any atom is 1.00 e. The zero-order valence-corrected chi connectivity index (χ0v) is 16.0. The zero-order valence-electron chi connectivity index (χ0n) is 13.9. The molecule has 25 heavy (non-hydrogen) atoms. The van der Waals surface area contributed by atoms with Gasteiger partial charge >= 0.3 is 73.1 Å². The van der Waals surface area contributed by atoms with Crippen LogP contribution in [0.3, 0.4) is 0 Å². The normalized spacial score (nSPS) is 10.2. The molecule has 3 nitrogen and oxygen atoms in total. The van der Waals surface area contributed by atoms with E-state index in [9.17, 15) is 56.6 Å². The van der Waals surface area contributed by atoms with Gasteiger partial charge in [-0.2, -0.15) is 0 Å². The van der Waals surface area contributed by atoms with Crippen molar-refractivity contribution in [3.8, 4) is 0 Å². The van der Waals surface area contributed by atoms with E-state index >= 15 is 0 Å². The quantitative estimate of drug-likeness (QED) is 0.391. The van der Waals surface area contributed by atoms with Crippen LogP contribution in [0.4, 0.5) is 51.8 Å². The second kappa shape index (κ2) is 19.2. The van der Waals surface area contributed by atoms with E-state index < -0.39 is 21.8 Å². The molecule has 0 saturated heterocycles. The number of ether oxygens (including phenoxy) is 1. The van der Waals surface area contributed by atoms with E-state index in [-0.39, 0.29) is 72.0 Å². The van der Waals surface area contributed by atoms with Crippen LogP contribution in [-0.4, -0.2) is 33.8 Å². The summed E-state index contributed by atoms with van der Waals surface area (Å²) in [5, 5.41) is 0. The Labute approximate surface area is 181 Å². The first-order chi connectivity index (χ1) is 9.06. The van der Waals surface area contributed by atoms with Gasteiger partial charge in [0.15, 0.2) is 0 Å². The molecule has 0 aliphatic rings. The Morgan fingerprint density at radius 2 is 0.840 bits per heavy atom. The Hall–Kier alpha value is 0.421. The molecule has 19 heteroatoms. The monoisotopic (exact) mass is 436 g/mol. The molecule has 0 fully saturated rings. The van der Waals surface area contributed by atoms with Crippen molar-refractivity contribution in [2.75, 3.05) is 0 Å². The van der Waals surface area contributed by atoms with Crippen molar-refractivity contribution >= 4 is 28.2 Å². The summed E-state index contributed by atoms with van der Waals surface area (Å²) < 4.78 is 122. The molecule has 0 atom stereocenters. The van der Waals surface area contributed by atoms with Crippen LogP contribution < -0.4 is 57.5 Å². The summed E-state index contributed by atoms with van der Waals surface area (Å²) in [6, 6.07) is 0. The van der Waals surface area contributed by atoms with Crippen molar-refractivity contribution in [1.29, 1.82) is 0 Å². The number of hydrogen-bond acceptors (Lipinski definition) is 3. The zero-order chi connectivity index (χ0) is 19.4. The van der Waals surface area contributed by atoms with Crippen molar-refractivity contribution < 1.29 is 114 Å². The average molecular weight is 436 g/mol. The van der Waals surface area contributed by atoms with E-state index in [2.05, 4.69) is 4.74 Å². The summed E-state index contributed by atoms with van der Waals surface area (Å²) in [4.78, 5) is 9.60. The number of carbonyl (C=O) groups excluding carboxylic acids is 1. The Morgan fingerprint density at radius 1 is 0.720 bits per heavy atom. The van der Waals surface area contributed by atoms with Crippen LogP contribution in [0.1, 0.15) is 29.6 Å². The van der Waals surface area contributed by atoms with Crippen molar-refractivity contribution in [1.82, 2.24) is 6.15 Å². The molecule has 0 aromatic heterocycles. The van der Waals surface area contributed by atoms with Gasteiger partial charge in [0.2, 0.25) is 0 Å². The van der Waals surface area contributed by atoms with Crippen LogP contribution in [-0.2, 0) is 9.53 Å². The van der Waals surface area contributed by atoms with Crippen LogP contribution in [0.15, 0.2) is 0 Å². The second-order valence-corrected chi connectivity index (χ2v) is 3.81. The van der Waals surface area contributed by atoms with Gasteiger partial charge in [0, 0.05) is 0 Å². The summed E-state index contributed by atoms with van der Waals surface area (Å²) in [7, 11) is -18.0. The van der Waals surface area contributed by atoms with Gasteiger partial charge in [0.05, 0.1) is 0 Å². The molecule has 156 valence electrons. The van der Waals surface area contributed by atoms with Crippen LogP contribution in [0.2, 0.25) is 0 Å². The fourth-order valence-electron chi connectivity index (χ4n) is 0.144. The maximum absolute atomic E-state index is 9.75. The van der Waals surface area contributed by atoms with E-state index in [1.165, 1.54) is 0 Å². The molecule has 0 aromatic rings. The van der Waals surface area contributed by atoms with Gasteiger partial charge in [-0.1, -0.05) is 7.43 Å². The largest absolute Gasteiger partial charge is 1.00 e. The third-order valence-corrected chi connectivity index (χ3v) is 0.402. The first-order valence-electron chi connectivity index (χ1n) is 4.79. The Balaban J connectivity index is -0.0000000266. The number of carbonyl (C=O) groups is 1. The molecule has 0 unspecified atom stereocenters. The SMILES string of the molecule is C.CC(C)(C)OC=O.F[B-](F)(F)F.F[B-](F)(F)F.F[B-](F)(F)F.N.[H-].[K+]. The number of halogens is 12. The minimum Gasteiger partial charge on any atom is -1.00 e. The minimum atomic E-state index is -6.00. The van der Waals surface area contributed by atoms with Crippen LogP contribution in [0, 0.1) is 0 Å². The molecule has 0 saturated carbocycles. The van der Waals surface area contributed by atoms with Gasteiger partial charge in [-0.3, -0.25) is 4.79 Å². The summed E-state index contributed by atoms with van der Waals surface area (Å²) in [6.07, 6.45) is 0. The molecule has 0 aliphatic heterocycles. The molecule has 0 aliphatic carbocycles. The van der Waals surface area contributed by atoms with E-state index in [1.807, 2.05) is 20.8 Å². The molecule has 0 heterocycles. The summed E-state index contributed by atoms with van der Waals surface area (Å²) in [6.45, 7) is 5.92. The Bertz CT molecular complexity index is 240. The molecular weight excluding hydrogens is 418 g/mol. The number of rotatable bonds is 1. The minimum absolute atomic E-state index is 0. The molecule has 0 aromatic carbocycles. The summed E-state index contributed by atoms with van der Waals surface area (Å²) in [5.74, 6) is 0. The van der Waals surface area contributed by atoms with Gasteiger partial charge in [0.25, 0.3) is 6.47 Å². The standard InChI is InChI=1S/C5H10O2.CH4.3BF4.K.H3N.H/c1-5(2,3)7-4-6;;3*2-1(3,4)5;;;/h4H,1-3H3;1H4;;;;;1H3;/q;;3*-1;+1;;-1. The van der Waals surface area contributed by atoms with Crippen molar-refractivity contribution in [2.45, 2.75) is 33.8 Å². The van der Waals surface area contributed by atoms with Gasteiger partial charge in [-0.25, -0.2) is 0 Å². The van der Waals surface area contributed by atoms with Crippen LogP contribution in [0.25, 0.3) is 0 Å². The second-order valence-electron chi connectivity index (χ2n) is 3.81. The van der Waals surface area contributed by atoms with Gasteiger partial charge in [-0.15, -0.1) is 0 Å². The molecule has 0 radical (unpaired) electrons. The van der Waals surface area contributed by atoms with Gasteiger partial charge in [0.1, 0.15) is 5.60 Å². The maximum atomic E-state index is 9.75. The fourth-order valence-corrected chi connectivity index (χ4v) is 0.144. The van der Waals surface area contributed by atoms with Crippen molar-refractivity contribution in [3.63, 3.8) is 0 Å². The first kappa shape index (κ1) is 44.7. The van der Waals surface area contributed by atoms with E-state index in [0.717, 1.165) is 0 Å². The molecule has 0 spiro atoms. The Kier molecular flexibility index (Phi) is 34.3. The predicted octanol–water partition coefficient (Wildman–Crippen LogP) is 2.77. The van der Waals surface area contributed by atoms with Crippen LogP contribution in [0.5, 0.6) is 0 Å². The molecule has 0 rings (SSSR count). The van der Waals surface area contributed by atoms with Crippen molar-refractivity contribution in [3.05, 3.63) is 0 Å². The molecule has 0 bridgehead atoms. The van der Waals surface area contributed by atoms with Crippen molar-refractivity contribution in [2.24, 2.45) is 0 Å².